The fourth-order valence-electron chi connectivity index (χ4n) is 3.25. The number of aromatic nitrogens is 3. The summed E-state index contributed by atoms with van der Waals surface area (Å²) in [6.07, 6.45) is 3.37. The van der Waals surface area contributed by atoms with Gasteiger partial charge in [-0.1, -0.05) is 0 Å². The molecule has 3 aromatic rings. The summed E-state index contributed by atoms with van der Waals surface area (Å²) < 4.78 is 13.3. The van der Waals surface area contributed by atoms with Crippen molar-refractivity contribution < 1.29 is 9.18 Å². The second-order valence-electron chi connectivity index (χ2n) is 6.79. The van der Waals surface area contributed by atoms with Crippen molar-refractivity contribution in [2.45, 2.75) is 0 Å². The van der Waals surface area contributed by atoms with Gasteiger partial charge in [-0.15, -0.1) is 0 Å². The zero-order chi connectivity index (χ0) is 19.5. The van der Waals surface area contributed by atoms with Gasteiger partial charge in [0.05, 0.1) is 11.3 Å². The fourth-order valence-corrected chi connectivity index (χ4v) is 3.25. The van der Waals surface area contributed by atoms with Crippen molar-refractivity contribution in [1.82, 2.24) is 25.0 Å². The maximum Gasteiger partial charge on any atom is 0.323 e. The largest absolute Gasteiger partial charge is 0.323 e. The van der Waals surface area contributed by atoms with Gasteiger partial charge in [0.15, 0.2) is 5.82 Å². The summed E-state index contributed by atoms with van der Waals surface area (Å²) >= 11 is 0. The second-order valence-corrected chi connectivity index (χ2v) is 6.79. The van der Waals surface area contributed by atoms with E-state index < -0.39 is 0 Å². The van der Waals surface area contributed by atoms with Crippen LogP contribution in [0.2, 0.25) is 0 Å². The lowest BCUT2D eigenvalue weighted by Gasteiger charge is -2.32. The summed E-state index contributed by atoms with van der Waals surface area (Å²) in [5.41, 5.74) is 3.09. The van der Waals surface area contributed by atoms with Gasteiger partial charge in [-0.3, -0.25) is 15.4 Å². The number of amides is 2. The lowest BCUT2D eigenvalue weighted by Crippen LogP contribution is -2.48. The molecule has 0 saturated carbocycles. The maximum absolute atomic E-state index is 13.3. The zero-order valence-corrected chi connectivity index (χ0v) is 15.5. The van der Waals surface area contributed by atoms with Gasteiger partial charge in [-0.2, -0.15) is 5.10 Å². The van der Waals surface area contributed by atoms with E-state index in [1.54, 1.807) is 29.4 Å². The highest BCUT2D eigenvalue weighted by Crippen LogP contribution is 2.36. The molecule has 0 unspecified atom stereocenters. The van der Waals surface area contributed by atoms with Gasteiger partial charge in [0, 0.05) is 44.1 Å². The number of nitrogens with one attached hydrogen (secondary N) is 2. The molecule has 144 valence electrons. The molecule has 28 heavy (non-hydrogen) atoms. The molecule has 4 rings (SSSR count). The summed E-state index contributed by atoms with van der Waals surface area (Å²) in [5.74, 6) is 0.131. The number of nitrogens with zero attached hydrogens (tertiary/aromatic N) is 4. The Labute approximate surface area is 162 Å². The van der Waals surface area contributed by atoms with Crippen LogP contribution in [0.3, 0.4) is 0 Å². The van der Waals surface area contributed by atoms with Crippen LogP contribution in [0.15, 0.2) is 48.8 Å². The molecule has 1 aromatic carbocycles. The molecule has 8 heteroatoms. The van der Waals surface area contributed by atoms with E-state index in [1.165, 1.54) is 12.1 Å². The Morgan fingerprint density at radius 1 is 1.04 bits per heavy atom. The highest BCUT2D eigenvalue weighted by atomic mass is 19.1. The van der Waals surface area contributed by atoms with Crippen molar-refractivity contribution >= 4 is 11.8 Å². The van der Waals surface area contributed by atoms with Crippen LogP contribution in [0, 0.1) is 5.82 Å². The predicted octanol–water partition coefficient (Wildman–Crippen LogP) is 3.06. The van der Waals surface area contributed by atoms with Gasteiger partial charge < -0.3 is 9.80 Å². The summed E-state index contributed by atoms with van der Waals surface area (Å²) in [6.45, 7) is 3.02. The number of piperazine rings is 1. The summed E-state index contributed by atoms with van der Waals surface area (Å²) in [7, 11) is 2.04. The monoisotopic (exact) mass is 380 g/mol. The smallest absolute Gasteiger partial charge is 0.322 e. The molecule has 0 aliphatic carbocycles. The number of benzene rings is 1. The van der Waals surface area contributed by atoms with E-state index in [1.807, 2.05) is 19.2 Å². The highest BCUT2D eigenvalue weighted by molar-refractivity contribution is 5.97. The summed E-state index contributed by atoms with van der Waals surface area (Å²) in [5, 5.41) is 10.2. The number of likely N-dealkylation sites (N-methyl/N-ethyl adjacent to an activating group) is 1. The zero-order valence-electron chi connectivity index (χ0n) is 15.5. The Hall–Kier alpha value is -3.26. The molecule has 1 saturated heterocycles. The molecule has 2 aromatic heterocycles. The van der Waals surface area contributed by atoms with Crippen LogP contribution in [0.1, 0.15) is 0 Å². The van der Waals surface area contributed by atoms with Gasteiger partial charge >= 0.3 is 6.03 Å². The summed E-state index contributed by atoms with van der Waals surface area (Å²) in [4.78, 5) is 20.8. The van der Waals surface area contributed by atoms with Crippen molar-refractivity contribution in [3.8, 4) is 22.4 Å². The Balaban J connectivity index is 1.67. The van der Waals surface area contributed by atoms with Crippen LogP contribution in [0.4, 0.5) is 15.0 Å². The van der Waals surface area contributed by atoms with Gasteiger partial charge in [-0.05, 0) is 49.0 Å². The Kier molecular flexibility index (Phi) is 5.03. The number of hydrogen-bond acceptors (Lipinski definition) is 4. The third kappa shape index (κ3) is 3.72. The highest BCUT2D eigenvalue weighted by Gasteiger charge is 2.23. The van der Waals surface area contributed by atoms with Crippen LogP contribution < -0.4 is 5.32 Å². The molecule has 0 atom stereocenters. The van der Waals surface area contributed by atoms with Gasteiger partial charge in [0.1, 0.15) is 5.82 Å². The molecule has 2 N–H and O–H groups in total. The van der Waals surface area contributed by atoms with E-state index in [2.05, 4.69) is 25.4 Å². The van der Waals surface area contributed by atoms with Crippen molar-refractivity contribution in [2.24, 2.45) is 0 Å². The second kappa shape index (κ2) is 7.77. The van der Waals surface area contributed by atoms with Crippen molar-refractivity contribution in [3.05, 3.63) is 54.6 Å². The number of H-pyrrole nitrogens is 1. The number of rotatable bonds is 3. The fraction of sp³-hybridized carbons (Fsp3) is 0.250. The summed E-state index contributed by atoms with van der Waals surface area (Å²) in [6, 6.07) is 9.68. The lowest BCUT2D eigenvalue weighted by atomic mass is 10.0. The first-order valence-electron chi connectivity index (χ1n) is 9.11. The van der Waals surface area contributed by atoms with Gasteiger partial charge in [0.25, 0.3) is 0 Å². The number of hydrogen-bond donors (Lipinski definition) is 2. The Morgan fingerprint density at radius 2 is 1.71 bits per heavy atom. The molecule has 0 spiro atoms. The van der Waals surface area contributed by atoms with Crippen molar-refractivity contribution in [2.75, 3.05) is 38.5 Å². The van der Waals surface area contributed by atoms with E-state index >= 15 is 0 Å². The topological polar surface area (TPSA) is 77.1 Å². The van der Waals surface area contributed by atoms with Crippen LogP contribution in [-0.4, -0.2) is 64.2 Å². The minimum absolute atomic E-state index is 0.180. The van der Waals surface area contributed by atoms with E-state index in [4.69, 9.17) is 0 Å². The molecule has 1 fully saturated rings. The Morgan fingerprint density at radius 3 is 2.39 bits per heavy atom. The molecule has 0 radical (unpaired) electrons. The average Bonchev–Trinajstić information content (AvgIpc) is 3.13. The predicted molar refractivity (Wildman–Crippen MR) is 105 cm³/mol. The maximum atomic E-state index is 13.3. The Bertz CT molecular complexity index is 949. The number of carbonyl (C=O) groups is 1. The first-order valence-corrected chi connectivity index (χ1v) is 9.11. The quantitative estimate of drug-likeness (QED) is 0.732. The van der Waals surface area contributed by atoms with E-state index in [-0.39, 0.29) is 11.8 Å². The van der Waals surface area contributed by atoms with E-state index in [0.29, 0.717) is 24.6 Å². The van der Waals surface area contributed by atoms with Gasteiger partial charge in [-0.25, -0.2) is 9.18 Å². The minimum Gasteiger partial charge on any atom is -0.322 e. The molecule has 0 bridgehead atoms. The molecule has 2 amide bonds. The SMILES string of the molecule is CN1CCN(C(=O)Nc2n[nH]c(-c3ccc(F)cc3)c2-c2ccncc2)CC1. The van der Waals surface area contributed by atoms with Gasteiger partial charge in [0.2, 0.25) is 0 Å². The normalized spacial score (nSPS) is 14.9. The lowest BCUT2D eigenvalue weighted by molar-refractivity contribution is 0.164. The number of aromatic amines is 1. The first kappa shape index (κ1) is 18.1. The van der Waals surface area contributed by atoms with Crippen LogP contribution >= 0.6 is 0 Å². The van der Waals surface area contributed by atoms with Crippen molar-refractivity contribution in [3.63, 3.8) is 0 Å². The molecule has 1 aliphatic rings. The number of anilines is 1. The van der Waals surface area contributed by atoms with E-state index in [0.717, 1.165) is 29.8 Å². The average molecular weight is 380 g/mol. The van der Waals surface area contributed by atoms with Crippen LogP contribution in [0.5, 0.6) is 0 Å². The molecule has 7 nitrogen and oxygen atoms in total. The van der Waals surface area contributed by atoms with Crippen LogP contribution in [-0.2, 0) is 0 Å². The first-order chi connectivity index (χ1) is 13.6. The number of halogens is 1. The van der Waals surface area contributed by atoms with Crippen LogP contribution in [0.25, 0.3) is 22.4 Å². The standard InChI is InChI=1S/C20H21FN6O/c1-26-10-12-27(13-11-26)20(28)23-19-17(14-6-8-22-9-7-14)18(24-25-19)15-2-4-16(21)5-3-15/h2-9H,10-13H2,1H3,(H2,23,24,25,28). The third-order valence-electron chi connectivity index (χ3n) is 4.88. The minimum atomic E-state index is -0.308. The molecular formula is C20H21FN6O. The third-order valence-corrected chi connectivity index (χ3v) is 4.88. The molecule has 3 heterocycles. The van der Waals surface area contributed by atoms with E-state index in [9.17, 15) is 9.18 Å². The molecular weight excluding hydrogens is 359 g/mol. The van der Waals surface area contributed by atoms with Crippen molar-refractivity contribution in [1.29, 1.82) is 0 Å². The number of urea groups is 1. The number of carbonyl (C=O) groups excluding carboxylic acids is 1. The molecule has 1 aliphatic heterocycles. The number of pyridine rings is 1.